The Balaban J connectivity index is 2.15. The SMILES string of the molecule is CNS(=O)(=O)c1ccc2c(c1)C(=Cc1ccccc1Cl)C(=O)N2. The van der Waals surface area contributed by atoms with Crippen molar-refractivity contribution in [3.05, 3.63) is 58.6 Å². The normalized spacial score (nSPS) is 15.6. The molecule has 1 amide bonds. The van der Waals surface area contributed by atoms with Gasteiger partial charge in [0.25, 0.3) is 5.91 Å². The summed E-state index contributed by atoms with van der Waals surface area (Å²) in [4.78, 5) is 12.3. The van der Waals surface area contributed by atoms with Crippen molar-refractivity contribution in [1.29, 1.82) is 0 Å². The third-order valence-electron chi connectivity index (χ3n) is 3.56. The Hall–Kier alpha value is -2.15. The minimum atomic E-state index is -3.58. The summed E-state index contributed by atoms with van der Waals surface area (Å²) in [5.74, 6) is -0.293. The first-order chi connectivity index (χ1) is 10.9. The fraction of sp³-hybridized carbons (Fsp3) is 0.0625. The van der Waals surface area contributed by atoms with Crippen LogP contribution in [0.4, 0.5) is 5.69 Å². The number of sulfonamides is 1. The van der Waals surface area contributed by atoms with Crippen molar-refractivity contribution in [2.24, 2.45) is 0 Å². The van der Waals surface area contributed by atoms with Gasteiger partial charge in [-0.3, -0.25) is 4.79 Å². The number of carbonyl (C=O) groups is 1. The molecule has 0 unspecified atom stereocenters. The molecule has 0 radical (unpaired) electrons. The summed E-state index contributed by atoms with van der Waals surface area (Å²) in [6.07, 6.45) is 1.65. The van der Waals surface area contributed by atoms with Crippen molar-refractivity contribution in [1.82, 2.24) is 4.72 Å². The molecule has 118 valence electrons. The molecule has 1 aliphatic heterocycles. The van der Waals surface area contributed by atoms with E-state index in [1.165, 1.54) is 19.2 Å². The fourth-order valence-electron chi connectivity index (χ4n) is 2.34. The summed E-state index contributed by atoms with van der Waals surface area (Å²) in [5.41, 5.74) is 2.17. The summed E-state index contributed by atoms with van der Waals surface area (Å²) >= 11 is 6.12. The van der Waals surface area contributed by atoms with E-state index in [9.17, 15) is 13.2 Å². The van der Waals surface area contributed by atoms with Gasteiger partial charge in [-0.15, -0.1) is 0 Å². The van der Waals surface area contributed by atoms with Gasteiger partial charge in [-0.25, -0.2) is 13.1 Å². The minimum Gasteiger partial charge on any atom is -0.321 e. The van der Waals surface area contributed by atoms with E-state index in [0.717, 1.165) is 0 Å². The minimum absolute atomic E-state index is 0.0975. The molecule has 7 heteroatoms. The van der Waals surface area contributed by atoms with Crippen LogP contribution in [0.1, 0.15) is 11.1 Å². The van der Waals surface area contributed by atoms with E-state index in [1.54, 1.807) is 30.3 Å². The molecule has 0 atom stereocenters. The van der Waals surface area contributed by atoms with Crippen molar-refractivity contribution < 1.29 is 13.2 Å². The van der Waals surface area contributed by atoms with E-state index in [-0.39, 0.29) is 10.8 Å². The van der Waals surface area contributed by atoms with Crippen LogP contribution in [0.5, 0.6) is 0 Å². The summed E-state index contributed by atoms with van der Waals surface area (Å²) in [7, 11) is -2.24. The number of anilines is 1. The van der Waals surface area contributed by atoms with Crippen molar-refractivity contribution in [3.63, 3.8) is 0 Å². The highest BCUT2D eigenvalue weighted by atomic mass is 35.5. The smallest absolute Gasteiger partial charge is 0.256 e. The predicted octanol–water partition coefficient (Wildman–Crippen LogP) is 2.74. The molecule has 5 nitrogen and oxygen atoms in total. The Morgan fingerprint density at radius 3 is 2.61 bits per heavy atom. The largest absolute Gasteiger partial charge is 0.321 e. The van der Waals surface area contributed by atoms with Gasteiger partial charge in [0.15, 0.2) is 0 Å². The van der Waals surface area contributed by atoms with E-state index < -0.39 is 10.0 Å². The Morgan fingerprint density at radius 2 is 1.91 bits per heavy atom. The van der Waals surface area contributed by atoms with Crippen molar-refractivity contribution in [2.75, 3.05) is 12.4 Å². The third kappa shape index (κ3) is 2.88. The van der Waals surface area contributed by atoms with Crippen LogP contribution in [0, 0.1) is 0 Å². The van der Waals surface area contributed by atoms with E-state index >= 15 is 0 Å². The van der Waals surface area contributed by atoms with Crippen molar-refractivity contribution in [3.8, 4) is 0 Å². The van der Waals surface area contributed by atoms with Crippen LogP contribution in [0.15, 0.2) is 47.4 Å². The standard InChI is InChI=1S/C16H13ClN2O3S/c1-18-23(21,22)11-6-7-15-12(9-11)13(16(20)19-15)8-10-4-2-3-5-14(10)17/h2-9,18H,1H3,(H,19,20). The van der Waals surface area contributed by atoms with Crippen LogP contribution >= 0.6 is 11.6 Å². The van der Waals surface area contributed by atoms with Gasteiger partial charge in [0, 0.05) is 21.8 Å². The average Bonchev–Trinajstić information content (AvgIpc) is 2.84. The van der Waals surface area contributed by atoms with E-state index in [1.807, 2.05) is 6.07 Å². The maximum Gasteiger partial charge on any atom is 0.256 e. The lowest BCUT2D eigenvalue weighted by atomic mass is 10.0. The van der Waals surface area contributed by atoms with Gasteiger partial charge in [0.1, 0.15) is 0 Å². The van der Waals surface area contributed by atoms with Gasteiger partial charge in [-0.2, -0.15) is 0 Å². The van der Waals surface area contributed by atoms with Crippen LogP contribution in [0.25, 0.3) is 11.6 Å². The highest BCUT2D eigenvalue weighted by Gasteiger charge is 2.26. The maximum absolute atomic E-state index is 12.2. The average molecular weight is 349 g/mol. The number of fused-ring (bicyclic) bond motifs is 1. The van der Waals surface area contributed by atoms with Crippen LogP contribution in [-0.4, -0.2) is 21.4 Å². The lowest BCUT2D eigenvalue weighted by Gasteiger charge is -2.05. The number of hydrogen-bond acceptors (Lipinski definition) is 3. The summed E-state index contributed by atoms with van der Waals surface area (Å²) in [6, 6.07) is 11.6. The number of rotatable bonds is 3. The fourth-order valence-corrected chi connectivity index (χ4v) is 3.29. The number of carbonyl (C=O) groups excluding carboxylic acids is 1. The maximum atomic E-state index is 12.2. The topological polar surface area (TPSA) is 75.3 Å². The number of benzene rings is 2. The van der Waals surface area contributed by atoms with Crippen molar-refractivity contribution in [2.45, 2.75) is 4.90 Å². The third-order valence-corrected chi connectivity index (χ3v) is 5.31. The van der Waals surface area contributed by atoms with Crippen molar-refractivity contribution >= 4 is 44.9 Å². The molecule has 0 saturated heterocycles. The molecule has 1 heterocycles. The first kappa shape index (κ1) is 15.7. The summed E-state index contributed by atoms with van der Waals surface area (Å²) < 4.78 is 26.1. The highest BCUT2D eigenvalue weighted by Crippen LogP contribution is 2.35. The monoisotopic (exact) mass is 348 g/mol. The Labute approximate surface area is 139 Å². The van der Waals surface area contributed by atoms with Gasteiger partial charge in [0.05, 0.1) is 4.90 Å². The molecular formula is C16H13ClN2O3S. The molecule has 1 aliphatic rings. The number of nitrogens with one attached hydrogen (secondary N) is 2. The summed E-state index contributed by atoms with van der Waals surface area (Å²) in [5, 5.41) is 3.23. The van der Waals surface area contributed by atoms with E-state index in [0.29, 0.717) is 27.4 Å². The molecule has 3 rings (SSSR count). The van der Waals surface area contributed by atoms with Gasteiger partial charge in [-0.05, 0) is 43.0 Å². The molecule has 0 fully saturated rings. The molecule has 23 heavy (non-hydrogen) atoms. The second-order valence-corrected chi connectivity index (χ2v) is 7.24. The molecule has 0 aromatic heterocycles. The molecule has 2 aromatic rings. The van der Waals surface area contributed by atoms with Crippen LogP contribution in [-0.2, 0) is 14.8 Å². The molecule has 0 aliphatic carbocycles. The molecule has 0 saturated carbocycles. The van der Waals surface area contributed by atoms with Crippen LogP contribution in [0.2, 0.25) is 5.02 Å². The molecule has 0 bridgehead atoms. The number of amides is 1. The zero-order chi connectivity index (χ0) is 16.6. The molecular weight excluding hydrogens is 336 g/mol. The van der Waals surface area contributed by atoms with Gasteiger partial charge in [-0.1, -0.05) is 29.8 Å². The zero-order valence-corrected chi connectivity index (χ0v) is 13.7. The lowest BCUT2D eigenvalue weighted by molar-refractivity contribution is -0.110. The predicted molar refractivity (Wildman–Crippen MR) is 90.6 cm³/mol. The molecule has 2 aromatic carbocycles. The first-order valence-electron chi connectivity index (χ1n) is 6.78. The highest BCUT2D eigenvalue weighted by molar-refractivity contribution is 7.89. The second-order valence-electron chi connectivity index (χ2n) is 4.95. The zero-order valence-electron chi connectivity index (χ0n) is 12.1. The van der Waals surface area contributed by atoms with E-state index in [4.69, 9.17) is 11.6 Å². The molecule has 2 N–H and O–H groups in total. The number of hydrogen-bond donors (Lipinski definition) is 2. The Morgan fingerprint density at radius 1 is 1.17 bits per heavy atom. The first-order valence-corrected chi connectivity index (χ1v) is 8.64. The van der Waals surface area contributed by atoms with Gasteiger partial charge >= 0.3 is 0 Å². The van der Waals surface area contributed by atoms with Gasteiger partial charge in [0.2, 0.25) is 10.0 Å². The Kier molecular flexibility index (Phi) is 3.97. The summed E-state index contributed by atoms with van der Waals surface area (Å²) in [6.45, 7) is 0. The van der Waals surface area contributed by atoms with Crippen LogP contribution in [0.3, 0.4) is 0 Å². The van der Waals surface area contributed by atoms with Gasteiger partial charge < -0.3 is 5.32 Å². The Bertz CT molecular complexity index is 936. The van der Waals surface area contributed by atoms with Crippen LogP contribution < -0.4 is 10.0 Å². The quantitative estimate of drug-likeness (QED) is 0.837. The lowest BCUT2D eigenvalue weighted by Crippen LogP contribution is -2.18. The molecule has 0 spiro atoms. The second kappa shape index (κ2) is 5.81. The number of halogens is 1. The van der Waals surface area contributed by atoms with E-state index in [2.05, 4.69) is 10.0 Å².